The maximum atomic E-state index is 11.9. The molecular formula is C16H14N2O3. The van der Waals surface area contributed by atoms with Gasteiger partial charge in [0.05, 0.1) is 31.0 Å². The van der Waals surface area contributed by atoms with Crippen molar-refractivity contribution in [3.63, 3.8) is 0 Å². The summed E-state index contributed by atoms with van der Waals surface area (Å²) in [5.74, 6) is 0.163. The predicted molar refractivity (Wildman–Crippen MR) is 79.0 cm³/mol. The lowest BCUT2D eigenvalue weighted by Crippen LogP contribution is -2.00. The molecular weight excluding hydrogens is 268 g/mol. The van der Waals surface area contributed by atoms with Gasteiger partial charge in [-0.1, -0.05) is 18.2 Å². The van der Waals surface area contributed by atoms with Crippen LogP contribution in [0, 0.1) is 0 Å². The number of benzene rings is 1. The van der Waals surface area contributed by atoms with Crippen molar-refractivity contribution in [2.45, 2.75) is 0 Å². The number of aromatic nitrogens is 2. The first-order chi connectivity index (χ1) is 10.2. The highest BCUT2D eigenvalue weighted by Gasteiger charge is 2.16. The quantitative estimate of drug-likeness (QED) is 0.693. The largest absolute Gasteiger partial charge is 0.481 e. The molecule has 3 aromatic rings. The number of fused-ring (bicyclic) bond motifs is 1. The number of carbonyl (C=O) groups excluding carboxylic acids is 1. The lowest BCUT2D eigenvalue weighted by molar-refractivity contribution is 0.0603. The summed E-state index contributed by atoms with van der Waals surface area (Å²) in [5, 5.41) is 0.847. The molecule has 5 nitrogen and oxygen atoms in total. The van der Waals surface area contributed by atoms with Crippen molar-refractivity contribution in [2.24, 2.45) is 0 Å². The highest BCUT2D eigenvalue weighted by Crippen LogP contribution is 2.26. The van der Waals surface area contributed by atoms with Crippen LogP contribution in [-0.2, 0) is 4.74 Å². The molecule has 0 aliphatic carbocycles. The first-order valence-corrected chi connectivity index (χ1v) is 6.43. The molecule has 5 heteroatoms. The Balaban J connectivity index is 2.25. The van der Waals surface area contributed by atoms with Crippen molar-refractivity contribution in [3.05, 3.63) is 54.4 Å². The van der Waals surface area contributed by atoms with E-state index in [4.69, 9.17) is 9.47 Å². The van der Waals surface area contributed by atoms with Gasteiger partial charge in [-0.25, -0.2) is 9.78 Å². The molecule has 106 valence electrons. The number of carbonyl (C=O) groups is 1. The highest BCUT2D eigenvalue weighted by atomic mass is 16.5. The van der Waals surface area contributed by atoms with Crippen molar-refractivity contribution in [2.75, 3.05) is 14.2 Å². The van der Waals surface area contributed by atoms with Crippen molar-refractivity contribution in [3.8, 4) is 11.6 Å². The van der Waals surface area contributed by atoms with Gasteiger partial charge in [0.1, 0.15) is 0 Å². The van der Waals surface area contributed by atoms with Crippen LogP contribution in [0.1, 0.15) is 10.4 Å². The molecule has 0 aliphatic rings. The van der Waals surface area contributed by atoms with Crippen LogP contribution in [0.25, 0.3) is 16.6 Å². The van der Waals surface area contributed by atoms with Gasteiger partial charge in [0.2, 0.25) is 5.88 Å². The third-order valence-electron chi connectivity index (χ3n) is 3.32. The first-order valence-electron chi connectivity index (χ1n) is 6.43. The van der Waals surface area contributed by atoms with Crippen LogP contribution >= 0.6 is 0 Å². The second-order valence-electron chi connectivity index (χ2n) is 4.48. The van der Waals surface area contributed by atoms with Crippen molar-refractivity contribution < 1.29 is 14.3 Å². The fourth-order valence-electron chi connectivity index (χ4n) is 2.33. The van der Waals surface area contributed by atoms with E-state index in [2.05, 4.69) is 4.98 Å². The standard InChI is InChI=1S/C16H14N2O3/c1-20-15-9-11(7-8-17-15)18-10-13(16(19)21-2)12-5-3-4-6-14(12)18/h3-10H,1-2H3. The van der Waals surface area contributed by atoms with Crippen LogP contribution in [0.3, 0.4) is 0 Å². The Morgan fingerprint density at radius 3 is 2.76 bits per heavy atom. The predicted octanol–water partition coefficient (Wildman–Crippen LogP) is 2.82. The SMILES string of the molecule is COC(=O)c1cn(-c2ccnc(OC)c2)c2ccccc12. The monoisotopic (exact) mass is 282 g/mol. The van der Waals surface area contributed by atoms with E-state index < -0.39 is 0 Å². The molecule has 0 aliphatic heterocycles. The topological polar surface area (TPSA) is 53.4 Å². The molecule has 0 radical (unpaired) electrons. The molecule has 0 N–H and O–H groups in total. The van der Waals surface area contributed by atoms with Gasteiger partial charge >= 0.3 is 5.97 Å². The minimum atomic E-state index is -0.356. The maximum Gasteiger partial charge on any atom is 0.340 e. The summed E-state index contributed by atoms with van der Waals surface area (Å²) in [4.78, 5) is 16.0. The van der Waals surface area contributed by atoms with Gasteiger partial charge in [0.15, 0.2) is 0 Å². The number of nitrogens with zero attached hydrogens (tertiary/aromatic N) is 2. The number of hydrogen-bond donors (Lipinski definition) is 0. The number of ether oxygens (including phenoxy) is 2. The highest BCUT2D eigenvalue weighted by molar-refractivity contribution is 6.04. The van der Waals surface area contributed by atoms with Crippen LogP contribution in [-0.4, -0.2) is 29.7 Å². The molecule has 0 amide bonds. The Hall–Kier alpha value is -2.82. The van der Waals surface area contributed by atoms with E-state index in [1.807, 2.05) is 41.0 Å². The van der Waals surface area contributed by atoms with Crippen LogP contribution < -0.4 is 4.74 Å². The second kappa shape index (κ2) is 5.28. The molecule has 1 aromatic carbocycles. The molecule has 3 rings (SSSR count). The Bertz CT molecular complexity index is 808. The zero-order valence-electron chi connectivity index (χ0n) is 11.7. The fraction of sp³-hybridized carbons (Fsp3) is 0.125. The summed E-state index contributed by atoms with van der Waals surface area (Å²) in [6.07, 6.45) is 3.44. The van der Waals surface area contributed by atoms with E-state index >= 15 is 0 Å². The molecule has 0 unspecified atom stereocenters. The fourth-order valence-corrected chi connectivity index (χ4v) is 2.33. The van der Waals surface area contributed by atoms with Gasteiger partial charge in [0, 0.05) is 23.8 Å². The summed E-state index contributed by atoms with van der Waals surface area (Å²) in [6.45, 7) is 0. The maximum absolute atomic E-state index is 11.9. The van der Waals surface area contributed by atoms with Crippen molar-refractivity contribution in [1.82, 2.24) is 9.55 Å². The van der Waals surface area contributed by atoms with E-state index in [0.717, 1.165) is 16.6 Å². The number of methoxy groups -OCH3 is 2. The summed E-state index contributed by atoms with van der Waals surface area (Å²) in [6, 6.07) is 11.3. The van der Waals surface area contributed by atoms with E-state index in [1.165, 1.54) is 7.11 Å². The third kappa shape index (κ3) is 2.23. The average molecular weight is 282 g/mol. The number of esters is 1. The summed E-state index contributed by atoms with van der Waals surface area (Å²) >= 11 is 0. The van der Waals surface area contributed by atoms with Gasteiger partial charge in [-0.15, -0.1) is 0 Å². The van der Waals surface area contributed by atoms with Crippen molar-refractivity contribution in [1.29, 1.82) is 0 Å². The third-order valence-corrected chi connectivity index (χ3v) is 3.32. The zero-order chi connectivity index (χ0) is 14.8. The normalized spacial score (nSPS) is 10.6. The average Bonchev–Trinajstić information content (AvgIpc) is 2.94. The summed E-state index contributed by atoms with van der Waals surface area (Å²) in [5.41, 5.74) is 2.32. The molecule has 0 saturated heterocycles. The van der Waals surface area contributed by atoms with Crippen LogP contribution in [0.15, 0.2) is 48.8 Å². The van der Waals surface area contributed by atoms with Crippen molar-refractivity contribution >= 4 is 16.9 Å². The zero-order valence-corrected chi connectivity index (χ0v) is 11.7. The Labute approximate surface area is 121 Å². The van der Waals surface area contributed by atoms with E-state index in [-0.39, 0.29) is 5.97 Å². The molecule has 0 saturated carbocycles. The number of hydrogen-bond acceptors (Lipinski definition) is 4. The minimum absolute atomic E-state index is 0.356. The minimum Gasteiger partial charge on any atom is -0.481 e. The Morgan fingerprint density at radius 2 is 2.00 bits per heavy atom. The molecule has 2 heterocycles. The number of pyridine rings is 1. The molecule has 0 fully saturated rings. The second-order valence-corrected chi connectivity index (χ2v) is 4.48. The summed E-state index contributed by atoms with van der Waals surface area (Å²) < 4.78 is 11.9. The molecule has 0 spiro atoms. The number of para-hydroxylation sites is 1. The van der Waals surface area contributed by atoms with Gasteiger partial charge in [-0.2, -0.15) is 0 Å². The first kappa shape index (κ1) is 13.2. The van der Waals surface area contributed by atoms with E-state index in [1.54, 1.807) is 19.5 Å². The Morgan fingerprint density at radius 1 is 1.19 bits per heavy atom. The molecule has 2 aromatic heterocycles. The van der Waals surface area contributed by atoms with Gasteiger partial charge in [-0.05, 0) is 12.1 Å². The van der Waals surface area contributed by atoms with Crippen LogP contribution in [0.4, 0.5) is 0 Å². The molecule has 0 bridgehead atoms. The van der Waals surface area contributed by atoms with Crippen LogP contribution in [0.5, 0.6) is 5.88 Å². The molecule has 21 heavy (non-hydrogen) atoms. The van der Waals surface area contributed by atoms with E-state index in [9.17, 15) is 4.79 Å². The van der Waals surface area contributed by atoms with Gasteiger partial charge < -0.3 is 14.0 Å². The van der Waals surface area contributed by atoms with Crippen LogP contribution in [0.2, 0.25) is 0 Å². The summed E-state index contributed by atoms with van der Waals surface area (Å²) in [7, 11) is 2.95. The lowest BCUT2D eigenvalue weighted by Gasteiger charge is -2.06. The van der Waals surface area contributed by atoms with Gasteiger partial charge in [-0.3, -0.25) is 0 Å². The smallest absolute Gasteiger partial charge is 0.340 e. The number of rotatable bonds is 3. The lowest BCUT2D eigenvalue weighted by atomic mass is 10.2. The van der Waals surface area contributed by atoms with E-state index in [0.29, 0.717) is 11.4 Å². The molecule has 0 atom stereocenters. The Kier molecular flexibility index (Phi) is 3.31. The van der Waals surface area contributed by atoms with Gasteiger partial charge in [0.25, 0.3) is 0 Å².